The van der Waals surface area contributed by atoms with E-state index >= 15 is 0 Å². The molecule has 2 aromatic carbocycles. The van der Waals surface area contributed by atoms with E-state index < -0.39 is 10.0 Å². The lowest BCUT2D eigenvalue weighted by Crippen LogP contribution is -2.11. The van der Waals surface area contributed by atoms with E-state index in [-0.39, 0.29) is 4.90 Å². The average Bonchev–Trinajstić information content (AvgIpc) is 2.32. The normalized spacial score (nSPS) is 11.5. The molecular formula is C14H15NO2S. The van der Waals surface area contributed by atoms with Crippen LogP contribution >= 0.6 is 0 Å². The first-order valence-electron chi connectivity index (χ1n) is 5.59. The minimum atomic E-state index is -3.62. The van der Waals surface area contributed by atoms with Gasteiger partial charge in [0.05, 0.1) is 4.90 Å². The molecular weight excluding hydrogens is 246 g/mol. The Morgan fingerprint density at radius 3 is 2.11 bits per heavy atom. The maximum absolute atomic E-state index is 11.2. The van der Waals surface area contributed by atoms with Crippen molar-refractivity contribution in [2.75, 3.05) is 0 Å². The van der Waals surface area contributed by atoms with Gasteiger partial charge in [0.15, 0.2) is 0 Å². The lowest BCUT2D eigenvalue weighted by atomic mass is 9.97. The van der Waals surface area contributed by atoms with Gasteiger partial charge in [-0.25, -0.2) is 13.6 Å². The smallest absolute Gasteiger partial charge is 0.225 e. The van der Waals surface area contributed by atoms with E-state index in [4.69, 9.17) is 5.14 Å². The van der Waals surface area contributed by atoms with Crippen molar-refractivity contribution in [3.63, 3.8) is 0 Å². The van der Waals surface area contributed by atoms with Crippen LogP contribution in [0.3, 0.4) is 0 Å². The van der Waals surface area contributed by atoms with E-state index in [0.717, 1.165) is 11.1 Å². The van der Waals surface area contributed by atoms with Gasteiger partial charge in [-0.15, -0.1) is 0 Å². The number of benzene rings is 2. The fourth-order valence-electron chi connectivity index (χ4n) is 1.89. The van der Waals surface area contributed by atoms with Crippen molar-refractivity contribution in [1.82, 2.24) is 0 Å². The van der Waals surface area contributed by atoms with Crippen LogP contribution in [-0.2, 0) is 10.0 Å². The van der Waals surface area contributed by atoms with Crippen LogP contribution in [0.25, 0.3) is 11.1 Å². The fraction of sp³-hybridized carbons (Fsp3) is 0.143. The van der Waals surface area contributed by atoms with E-state index in [0.29, 0.717) is 0 Å². The topological polar surface area (TPSA) is 60.2 Å². The summed E-state index contributed by atoms with van der Waals surface area (Å²) in [4.78, 5) is 0.136. The summed E-state index contributed by atoms with van der Waals surface area (Å²) in [5, 5.41) is 5.07. The number of hydrogen-bond donors (Lipinski definition) is 1. The predicted molar refractivity (Wildman–Crippen MR) is 72.7 cm³/mol. The summed E-state index contributed by atoms with van der Waals surface area (Å²) in [5.41, 5.74) is 4.50. The molecule has 3 nitrogen and oxygen atoms in total. The standard InChI is InChI=1S/C14H15NO2S/c1-10-4-3-5-14(11(10)2)12-6-8-13(9-7-12)18(15,16)17/h3-9H,1-2H3,(H2,15,16,17). The number of sulfonamides is 1. The second-order valence-electron chi connectivity index (χ2n) is 4.32. The Bertz CT molecular complexity index is 673. The van der Waals surface area contributed by atoms with E-state index in [1.807, 2.05) is 12.1 Å². The molecule has 18 heavy (non-hydrogen) atoms. The van der Waals surface area contributed by atoms with Crippen molar-refractivity contribution in [2.45, 2.75) is 18.7 Å². The summed E-state index contributed by atoms with van der Waals surface area (Å²) < 4.78 is 22.4. The molecule has 0 radical (unpaired) electrons. The van der Waals surface area contributed by atoms with Gasteiger partial charge in [-0.2, -0.15) is 0 Å². The van der Waals surface area contributed by atoms with Gasteiger partial charge in [-0.1, -0.05) is 30.3 Å². The van der Waals surface area contributed by atoms with Gasteiger partial charge in [0, 0.05) is 0 Å². The quantitative estimate of drug-likeness (QED) is 0.903. The van der Waals surface area contributed by atoms with Crippen LogP contribution in [0.2, 0.25) is 0 Å². The third-order valence-electron chi connectivity index (χ3n) is 3.10. The predicted octanol–water partition coefficient (Wildman–Crippen LogP) is 2.62. The van der Waals surface area contributed by atoms with E-state index in [9.17, 15) is 8.42 Å². The number of rotatable bonds is 2. The minimum Gasteiger partial charge on any atom is -0.225 e. The first-order chi connectivity index (χ1) is 8.39. The summed E-state index contributed by atoms with van der Waals surface area (Å²) in [5.74, 6) is 0. The van der Waals surface area contributed by atoms with Gasteiger partial charge in [0.2, 0.25) is 10.0 Å². The van der Waals surface area contributed by atoms with Gasteiger partial charge in [0.1, 0.15) is 0 Å². The average molecular weight is 261 g/mol. The third-order valence-corrected chi connectivity index (χ3v) is 4.03. The molecule has 0 unspecified atom stereocenters. The summed E-state index contributed by atoms with van der Waals surface area (Å²) in [6, 6.07) is 12.7. The van der Waals surface area contributed by atoms with Gasteiger partial charge >= 0.3 is 0 Å². The summed E-state index contributed by atoms with van der Waals surface area (Å²) >= 11 is 0. The summed E-state index contributed by atoms with van der Waals surface area (Å²) in [6.45, 7) is 4.11. The summed E-state index contributed by atoms with van der Waals surface area (Å²) in [7, 11) is -3.62. The number of aryl methyl sites for hydroxylation is 1. The number of hydrogen-bond acceptors (Lipinski definition) is 2. The van der Waals surface area contributed by atoms with Crippen LogP contribution in [0.15, 0.2) is 47.4 Å². The first kappa shape index (κ1) is 12.8. The Balaban J connectivity index is 2.50. The van der Waals surface area contributed by atoms with Crippen molar-refractivity contribution in [3.8, 4) is 11.1 Å². The van der Waals surface area contributed by atoms with Crippen molar-refractivity contribution in [1.29, 1.82) is 0 Å². The highest BCUT2D eigenvalue weighted by Gasteiger charge is 2.08. The maximum Gasteiger partial charge on any atom is 0.238 e. The molecule has 4 heteroatoms. The highest BCUT2D eigenvalue weighted by Crippen LogP contribution is 2.26. The zero-order chi connectivity index (χ0) is 13.3. The van der Waals surface area contributed by atoms with Gasteiger partial charge in [-0.05, 0) is 48.2 Å². The van der Waals surface area contributed by atoms with Gasteiger partial charge in [-0.3, -0.25) is 0 Å². The molecule has 0 atom stereocenters. The molecule has 0 spiro atoms. The Labute approximate surface area is 107 Å². The zero-order valence-corrected chi connectivity index (χ0v) is 11.2. The maximum atomic E-state index is 11.2. The van der Waals surface area contributed by atoms with Crippen LogP contribution in [0, 0.1) is 13.8 Å². The molecule has 94 valence electrons. The van der Waals surface area contributed by atoms with Crippen LogP contribution in [0.1, 0.15) is 11.1 Å². The molecule has 0 saturated carbocycles. The SMILES string of the molecule is Cc1cccc(-c2ccc(S(N)(=O)=O)cc2)c1C. The van der Waals surface area contributed by atoms with Gasteiger partial charge in [0.25, 0.3) is 0 Å². The van der Waals surface area contributed by atoms with E-state index in [1.54, 1.807) is 12.1 Å². The lowest BCUT2D eigenvalue weighted by molar-refractivity contribution is 0.598. The molecule has 2 aromatic rings. The van der Waals surface area contributed by atoms with Crippen molar-refractivity contribution >= 4 is 10.0 Å². The monoisotopic (exact) mass is 261 g/mol. The molecule has 2 N–H and O–H groups in total. The van der Waals surface area contributed by atoms with Crippen LogP contribution < -0.4 is 5.14 Å². The fourth-order valence-corrected chi connectivity index (χ4v) is 2.40. The van der Waals surface area contributed by atoms with E-state index in [1.165, 1.54) is 23.3 Å². The lowest BCUT2D eigenvalue weighted by Gasteiger charge is -2.09. The highest BCUT2D eigenvalue weighted by atomic mass is 32.2. The van der Waals surface area contributed by atoms with Crippen LogP contribution in [0.5, 0.6) is 0 Å². The van der Waals surface area contributed by atoms with Crippen LogP contribution in [-0.4, -0.2) is 8.42 Å². The first-order valence-corrected chi connectivity index (χ1v) is 7.13. The molecule has 2 rings (SSSR count). The Kier molecular flexibility index (Phi) is 3.24. The minimum absolute atomic E-state index is 0.136. The number of primary sulfonamides is 1. The molecule has 0 fully saturated rings. The second kappa shape index (κ2) is 4.55. The van der Waals surface area contributed by atoms with Gasteiger partial charge < -0.3 is 0 Å². The molecule has 0 aliphatic heterocycles. The molecule has 0 bridgehead atoms. The second-order valence-corrected chi connectivity index (χ2v) is 5.88. The molecule has 0 amide bonds. The third kappa shape index (κ3) is 2.44. The molecule has 0 aliphatic rings. The Morgan fingerprint density at radius 2 is 1.56 bits per heavy atom. The van der Waals surface area contributed by atoms with Crippen molar-refractivity contribution < 1.29 is 8.42 Å². The number of nitrogens with two attached hydrogens (primary N) is 1. The van der Waals surface area contributed by atoms with Crippen molar-refractivity contribution in [2.24, 2.45) is 5.14 Å². The Hall–Kier alpha value is -1.65. The molecule has 0 aliphatic carbocycles. The molecule has 0 aromatic heterocycles. The van der Waals surface area contributed by atoms with Crippen LogP contribution in [0.4, 0.5) is 0 Å². The largest absolute Gasteiger partial charge is 0.238 e. The zero-order valence-electron chi connectivity index (χ0n) is 10.3. The molecule has 0 saturated heterocycles. The van der Waals surface area contributed by atoms with E-state index in [2.05, 4.69) is 19.9 Å². The Morgan fingerprint density at radius 1 is 0.944 bits per heavy atom. The molecule has 0 heterocycles. The summed E-state index contributed by atoms with van der Waals surface area (Å²) in [6.07, 6.45) is 0. The van der Waals surface area contributed by atoms with Crippen molar-refractivity contribution in [3.05, 3.63) is 53.6 Å². The highest BCUT2D eigenvalue weighted by molar-refractivity contribution is 7.89.